The molecule has 0 atom stereocenters. The molecule has 0 fully saturated rings. The van der Waals surface area contributed by atoms with Crippen LogP contribution < -0.4 is 4.74 Å². The van der Waals surface area contributed by atoms with Gasteiger partial charge in [-0.05, 0) is 18.2 Å². The Bertz CT molecular complexity index is 788. The fourth-order valence-electron chi connectivity index (χ4n) is 1.87. The quantitative estimate of drug-likeness (QED) is 0.732. The molecule has 0 radical (unpaired) electrons. The van der Waals surface area contributed by atoms with Crippen molar-refractivity contribution in [2.75, 3.05) is 0 Å². The molecule has 6 heteroatoms. The van der Waals surface area contributed by atoms with E-state index < -0.39 is 5.82 Å². The van der Waals surface area contributed by atoms with Crippen molar-refractivity contribution in [2.24, 2.45) is 7.05 Å². The monoisotopic (exact) mass is 303 g/mol. The third kappa shape index (κ3) is 3.03. The third-order valence-corrected chi connectivity index (χ3v) is 3.17. The van der Waals surface area contributed by atoms with Gasteiger partial charge in [0.1, 0.15) is 17.3 Å². The molecule has 0 aliphatic rings. The van der Waals surface area contributed by atoms with Gasteiger partial charge in [-0.25, -0.2) is 4.39 Å². The maximum absolute atomic E-state index is 13.2. The average molecular weight is 304 g/mol. The topological polar surface area (TPSA) is 39.9 Å². The Balaban J connectivity index is 1.91. The summed E-state index contributed by atoms with van der Waals surface area (Å²) in [5.74, 6) is 0.382. The molecule has 0 unspecified atom stereocenters. The zero-order chi connectivity index (χ0) is 14.8. The molecular formula is C15H11ClFN3O. The molecule has 3 aromatic rings. The van der Waals surface area contributed by atoms with Gasteiger partial charge in [0.25, 0.3) is 0 Å². The van der Waals surface area contributed by atoms with Crippen LogP contribution in [0.4, 0.5) is 4.39 Å². The van der Waals surface area contributed by atoms with Crippen molar-refractivity contribution >= 4 is 11.6 Å². The minimum Gasteiger partial charge on any atom is -0.456 e. The van der Waals surface area contributed by atoms with E-state index in [-0.39, 0.29) is 5.75 Å². The van der Waals surface area contributed by atoms with Crippen LogP contribution in [-0.4, -0.2) is 14.8 Å². The fourth-order valence-corrected chi connectivity index (χ4v) is 2.02. The molecule has 21 heavy (non-hydrogen) atoms. The van der Waals surface area contributed by atoms with Gasteiger partial charge in [0.05, 0.1) is 16.9 Å². The zero-order valence-corrected chi connectivity index (χ0v) is 11.9. The van der Waals surface area contributed by atoms with Crippen LogP contribution in [-0.2, 0) is 7.05 Å². The Kier molecular flexibility index (Phi) is 3.58. The van der Waals surface area contributed by atoms with E-state index in [2.05, 4.69) is 10.1 Å². The summed E-state index contributed by atoms with van der Waals surface area (Å²) < 4.78 is 20.5. The number of hydrogen-bond donors (Lipinski definition) is 0. The summed E-state index contributed by atoms with van der Waals surface area (Å²) in [5, 5.41) is 4.44. The average Bonchev–Trinajstić information content (AvgIpc) is 2.90. The fraction of sp³-hybridized carbons (Fsp3) is 0.0667. The lowest BCUT2D eigenvalue weighted by atomic mass is 10.2. The predicted molar refractivity (Wildman–Crippen MR) is 77.9 cm³/mol. The van der Waals surface area contributed by atoms with Gasteiger partial charge in [-0.1, -0.05) is 11.6 Å². The molecule has 0 aliphatic carbocycles. The molecule has 4 nitrogen and oxygen atoms in total. The third-order valence-electron chi connectivity index (χ3n) is 2.85. The van der Waals surface area contributed by atoms with Crippen LogP contribution in [0.2, 0.25) is 5.02 Å². The van der Waals surface area contributed by atoms with Gasteiger partial charge in [0.2, 0.25) is 0 Å². The number of benzene rings is 1. The van der Waals surface area contributed by atoms with E-state index in [9.17, 15) is 4.39 Å². The largest absolute Gasteiger partial charge is 0.456 e. The molecule has 0 amide bonds. The molecule has 2 aromatic heterocycles. The van der Waals surface area contributed by atoms with Crippen LogP contribution in [0.25, 0.3) is 11.3 Å². The highest BCUT2D eigenvalue weighted by atomic mass is 35.5. The zero-order valence-electron chi connectivity index (χ0n) is 11.1. The van der Waals surface area contributed by atoms with Gasteiger partial charge in [0, 0.05) is 37.1 Å². The number of nitrogens with zero attached hydrogens (tertiary/aromatic N) is 3. The van der Waals surface area contributed by atoms with E-state index in [1.165, 1.54) is 18.2 Å². The molecule has 0 saturated heterocycles. The van der Waals surface area contributed by atoms with Crippen LogP contribution in [0.15, 0.2) is 48.9 Å². The van der Waals surface area contributed by atoms with E-state index in [0.29, 0.717) is 16.5 Å². The van der Waals surface area contributed by atoms with E-state index in [1.807, 2.05) is 13.2 Å². The number of halogens is 2. The Labute approximate surface area is 125 Å². The summed E-state index contributed by atoms with van der Waals surface area (Å²) in [4.78, 5) is 4.26. The van der Waals surface area contributed by atoms with Crippen molar-refractivity contribution in [1.82, 2.24) is 14.8 Å². The molecule has 0 saturated carbocycles. The lowest BCUT2D eigenvalue weighted by Crippen LogP contribution is -1.89. The molecular weight excluding hydrogens is 293 g/mol. The van der Waals surface area contributed by atoms with Gasteiger partial charge in [-0.2, -0.15) is 5.10 Å². The molecule has 2 heterocycles. The second-order valence-electron chi connectivity index (χ2n) is 4.46. The molecule has 0 aliphatic heterocycles. The van der Waals surface area contributed by atoms with Crippen molar-refractivity contribution in [2.45, 2.75) is 0 Å². The summed E-state index contributed by atoms with van der Waals surface area (Å²) in [7, 11) is 1.83. The van der Waals surface area contributed by atoms with Crippen molar-refractivity contribution in [1.29, 1.82) is 0 Å². The second kappa shape index (κ2) is 5.54. The second-order valence-corrected chi connectivity index (χ2v) is 4.86. The first-order chi connectivity index (χ1) is 10.1. The van der Waals surface area contributed by atoms with Gasteiger partial charge in [-0.3, -0.25) is 9.67 Å². The Morgan fingerprint density at radius 2 is 2.10 bits per heavy atom. The van der Waals surface area contributed by atoms with Crippen molar-refractivity contribution in [3.05, 3.63) is 59.8 Å². The van der Waals surface area contributed by atoms with Crippen LogP contribution in [0.1, 0.15) is 0 Å². The molecule has 1 aromatic carbocycles. The highest BCUT2D eigenvalue weighted by Crippen LogP contribution is 2.31. The highest BCUT2D eigenvalue weighted by molar-refractivity contribution is 6.32. The minimum absolute atomic E-state index is 0.264. The van der Waals surface area contributed by atoms with E-state index >= 15 is 0 Å². The summed E-state index contributed by atoms with van der Waals surface area (Å²) in [6.45, 7) is 0. The standard InChI is InChI=1S/C15H11ClFN3O/c1-20-9-10(8-19-20)14-7-12(4-5-18-14)21-15-6-11(17)2-3-13(15)16/h2-9H,1H3. The molecule has 106 valence electrons. The number of hydrogen-bond acceptors (Lipinski definition) is 3. The summed E-state index contributed by atoms with van der Waals surface area (Å²) in [6, 6.07) is 7.41. The molecule has 0 N–H and O–H groups in total. The predicted octanol–water partition coefficient (Wildman–Crippen LogP) is 4.07. The van der Waals surface area contributed by atoms with Crippen molar-refractivity contribution in [3.8, 4) is 22.8 Å². The van der Waals surface area contributed by atoms with Gasteiger partial charge in [-0.15, -0.1) is 0 Å². The first-order valence-corrected chi connectivity index (χ1v) is 6.57. The Morgan fingerprint density at radius 1 is 1.24 bits per heavy atom. The first-order valence-electron chi connectivity index (χ1n) is 6.20. The van der Waals surface area contributed by atoms with Crippen LogP contribution in [0.5, 0.6) is 11.5 Å². The summed E-state index contributed by atoms with van der Waals surface area (Å²) in [6.07, 6.45) is 5.17. The molecule has 0 bridgehead atoms. The van der Waals surface area contributed by atoms with Crippen LogP contribution in [0, 0.1) is 5.82 Å². The van der Waals surface area contributed by atoms with E-state index in [1.54, 1.807) is 29.2 Å². The Hall–Kier alpha value is -2.40. The molecule has 0 spiro atoms. The van der Waals surface area contributed by atoms with E-state index in [0.717, 1.165) is 5.56 Å². The maximum atomic E-state index is 13.2. The smallest absolute Gasteiger partial charge is 0.148 e. The van der Waals surface area contributed by atoms with Crippen molar-refractivity contribution < 1.29 is 9.13 Å². The van der Waals surface area contributed by atoms with Gasteiger partial charge < -0.3 is 4.74 Å². The lowest BCUT2D eigenvalue weighted by Gasteiger charge is -2.08. The number of pyridine rings is 1. The van der Waals surface area contributed by atoms with Crippen molar-refractivity contribution in [3.63, 3.8) is 0 Å². The summed E-state index contributed by atoms with van der Waals surface area (Å²) >= 11 is 5.99. The number of rotatable bonds is 3. The first kappa shape index (κ1) is 13.6. The Morgan fingerprint density at radius 3 is 2.86 bits per heavy atom. The van der Waals surface area contributed by atoms with Crippen LogP contribution in [0.3, 0.4) is 0 Å². The lowest BCUT2D eigenvalue weighted by molar-refractivity contribution is 0.476. The molecule has 3 rings (SSSR count). The summed E-state index contributed by atoms with van der Waals surface area (Å²) in [5.41, 5.74) is 1.58. The number of ether oxygens (including phenoxy) is 1. The number of aryl methyl sites for hydroxylation is 1. The SMILES string of the molecule is Cn1cc(-c2cc(Oc3cc(F)ccc3Cl)ccn2)cn1. The van der Waals surface area contributed by atoms with E-state index in [4.69, 9.17) is 16.3 Å². The normalized spacial score (nSPS) is 10.6. The van der Waals surface area contributed by atoms with Gasteiger partial charge >= 0.3 is 0 Å². The number of aromatic nitrogens is 3. The minimum atomic E-state index is -0.407. The highest BCUT2D eigenvalue weighted by Gasteiger charge is 2.07. The van der Waals surface area contributed by atoms with Gasteiger partial charge in [0.15, 0.2) is 0 Å². The maximum Gasteiger partial charge on any atom is 0.148 e. The van der Waals surface area contributed by atoms with Crippen LogP contribution >= 0.6 is 11.6 Å².